The normalized spacial score (nSPS) is 12.8. The van der Waals surface area contributed by atoms with Crippen molar-refractivity contribution < 1.29 is 14.3 Å². The van der Waals surface area contributed by atoms with E-state index in [0.717, 1.165) is 52.5 Å². The number of methoxy groups -OCH3 is 1. The average molecular weight is 610 g/mol. The summed E-state index contributed by atoms with van der Waals surface area (Å²) in [6.07, 6.45) is 5.80. The molecule has 1 aliphatic carbocycles. The molecule has 0 aliphatic heterocycles. The van der Waals surface area contributed by atoms with E-state index in [1.807, 2.05) is 60.7 Å². The predicted octanol–water partition coefficient (Wildman–Crippen LogP) is 8.63. The lowest BCUT2D eigenvalue weighted by Crippen LogP contribution is -2.14. The number of anilines is 1. The molecule has 3 aromatic carbocycles. The molecule has 0 spiro atoms. The number of rotatable bonds is 8. The Hall–Kier alpha value is -3.13. The van der Waals surface area contributed by atoms with E-state index in [9.17, 15) is 4.79 Å². The number of halogens is 2. The zero-order valence-corrected chi connectivity index (χ0v) is 24.0. The Balaban J connectivity index is 1.40. The minimum absolute atomic E-state index is 0.130. The summed E-state index contributed by atoms with van der Waals surface area (Å²) in [4.78, 5) is 19.4. The Labute approximate surface area is 239 Å². The van der Waals surface area contributed by atoms with E-state index in [2.05, 4.69) is 21.2 Å². The standard InChI is InChI=1S/C30H26BrClN2O3S/c1-36-25-16-20(15-24(32)28(25)37-18-19-11-13-21(31)14-12-19)17-33-30-27(23-9-5-6-10-26(23)38-30)29(35)34-22-7-3-2-4-8-22/h2-4,7-8,11-17H,5-6,9-10,18H2,1H3,(H,34,35). The van der Waals surface area contributed by atoms with E-state index < -0.39 is 0 Å². The Morgan fingerprint density at radius 2 is 1.87 bits per heavy atom. The highest BCUT2D eigenvalue weighted by Gasteiger charge is 2.25. The fourth-order valence-corrected chi connectivity index (χ4v) is 6.18. The first-order valence-electron chi connectivity index (χ1n) is 12.3. The van der Waals surface area contributed by atoms with Crippen molar-refractivity contribution in [2.45, 2.75) is 32.3 Å². The lowest BCUT2D eigenvalue weighted by atomic mass is 9.95. The minimum atomic E-state index is -0.130. The van der Waals surface area contributed by atoms with Gasteiger partial charge in [-0.15, -0.1) is 11.3 Å². The first-order chi connectivity index (χ1) is 18.5. The molecule has 0 fully saturated rings. The number of fused-ring (bicyclic) bond motifs is 1. The van der Waals surface area contributed by atoms with Gasteiger partial charge in [0.1, 0.15) is 11.6 Å². The number of aliphatic imine (C=N–C) groups is 1. The molecule has 1 aromatic heterocycles. The van der Waals surface area contributed by atoms with Gasteiger partial charge in [-0.3, -0.25) is 4.79 Å². The summed E-state index contributed by atoms with van der Waals surface area (Å²) >= 11 is 11.6. The second-order valence-electron chi connectivity index (χ2n) is 8.92. The molecule has 0 saturated carbocycles. The maximum absolute atomic E-state index is 13.3. The number of hydrogen-bond acceptors (Lipinski definition) is 5. The van der Waals surface area contributed by atoms with E-state index in [4.69, 9.17) is 26.1 Å². The number of para-hydroxylation sites is 1. The van der Waals surface area contributed by atoms with Crippen LogP contribution in [0, 0.1) is 0 Å². The molecular weight excluding hydrogens is 584 g/mol. The van der Waals surface area contributed by atoms with Crippen molar-refractivity contribution in [1.29, 1.82) is 0 Å². The van der Waals surface area contributed by atoms with Crippen molar-refractivity contribution in [3.8, 4) is 11.5 Å². The molecule has 38 heavy (non-hydrogen) atoms. The summed E-state index contributed by atoms with van der Waals surface area (Å²) in [5.74, 6) is 0.863. The second-order valence-corrected chi connectivity index (χ2v) is 11.3. The van der Waals surface area contributed by atoms with E-state index in [1.54, 1.807) is 30.7 Å². The highest BCUT2D eigenvalue weighted by Crippen LogP contribution is 2.41. The van der Waals surface area contributed by atoms with E-state index >= 15 is 0 Å². The zero-order chi connectivity index (χ0) is 26.5. The van der Waals surface area contributed by atoms with Crippen molar-refractivity contribution in [3.63, 3.8) is 0 Å². The molecule has 1 N–H and O–H groups in total. The Bertz CT molecular complexity index is 1470. The summed E-state index contributed by atoms with van der Waals surface area (Å²) in [5.41, 5.74) is 4.31. The third kappa shape index (κ3) is 6.12. The summed E-state index contributed by atoms with van der Waals surface area (Å²) in [7, 11) is 1.58. The molecular formula is C30H26BrClN2O3S. The number of nitrogens with one attached hydrogen (secondary N) is 1. The number of amides is 1. The van der Waals surface area contributed by atoms with Crippen molar-refractivity contribution in [2.24, 2.45) is 4.99 Å². The van der Waals surface area contributed by atoms with Gasteiger partial charge in [-0.2, -0.15) is 0 Å². The van der Waals surface area contributed by atoms with Crippen LogP contribution in [0.15, 0.2) is 76.2 Å². The van der Waals surface area contributed by atoms with Crippen LogP contribution in [-0.4, -0.2) is 19.2 Å². The molecule has 8 heteroatoms. The third-order valence-corrected chi connectivity index (χ3v) is 8.30. The molecule has 0 saturated heterocycles. The van der Waals surface area contributed by atoms with E-state index in [1.165, 1.54) is 4.88 Å². The number of nitrogens with zero attached hydrogens (tertiary/aromatic N) is 1. The van der Waals surface area contributed by atoms with Crippen LogP contribution < -0.4 is 14.8 Å². The van der Waals surface area contributed by atoms with Crippen molar-refractivity contribution in [2.75, 3.05) is 12.4 Å². The van der Waals surface area contributed by atoms with Gasteiger partial charge in [0.2, 0.25) is 0 Å². The van der Waals surface area contributed by atoms with Gasteiger partial charge in [0.15, 0.2) is 11.5 Å². The molecule has 0 radical (unpaired) electrons. The van der Waals surface area contributed by atoms with Gasteiger partial charge in [-0.05, 0) is 78.8 Å². The lowest BCUT2D eigenvalue weighted by molar-refractivity contribution is 0.102. The topological polar surface area (TPSA) is 59.9 Å². The highest BCUT2D eigenvalue weighted by atomic mass is 79.9. The number of aryl methyl sites for hydroxylation is 1. The molecule has 0 atom stereocenters. The van der Waals surface area contributed by atoms with Crippen molar-refractivity contribution in [1.82, 2.24) is 0 Å². The largest absolute Gasteiger partial charge is 0.493 e. The summed E-state index contributed by atoms with van der Waals surface area (Å²) in [6.45, 7) is 0.359. The molecule has 1 amide bonds. The zero-order valence-electron chi connectivity index (χ0n) is 20.8. The Morgan fingerprint density at radius 3 is 2.63 bits per heavy atom. The SMILES string of the molecule is COc1cc(C=Nc2sc3c(c2C(=O)Nc2ccccc2)CCCC3)cc(Cl)c1OCc1ccc(Br)cc1. The van der Waals surface area contributed by atoms with Gasteiger partial charge < -0.3 is 14.8 Å². The number of carbonyl (C=O) groups is 1. The fourth-order valence-electron chi connectivity index (χ4n) is 4.42. The summed E-state index contributed by atoms with van der Waals surface area (Å²) < 4.78 is 12.6. The first kappa shape index (κ1) is 26.5. The van der Waals surface area contributed by atoms with Gasteiger partial charge in [0.05, 0.1) is 17.7 Å². The van der Waals surface area contributed by atoms with Crippen LogP contribution in [-0.2, 0) is 19.4 Å². The van der Waals surface area contributed by atoms with E-state index in [-0.39, 0.29) is 5.91 Å². The predicted molar refractivity (Wildman–Crippen MR) is 159 cm³/mol. The Morgan fingerprint density at radius 1 is 1.11 bits per heavy atom. The van der Waals surface area contributed by atoms with Crippen molar-refractivity contribution in [3.05, 3.63) is 103 Å². The van der Waals surface area contributed by atoms with Crippen LogP contribution in [0.25, 0.3) is 0 Å². The van der Waals surface area contributed by atoms with Crippen LogP contribution in [0.2, 0.25) is 5.02 Å². The van der Waals surface area contributed by atoms with E-state index in [0.29, 0.717) is 33.7 Å². The van der Waals surface area contributed by atoms with Crippen LogP contribution in [0.1, 0.15) is 44.8 Å². The first-order valence-corrected chi connectivity index (χ1v) is 14.3. The minimum Gasteiger partial charge on any atom is -0.493 e. The van der Waals surface area contributed by atoms with Crippen LogP contribution in [0.5, 0.6) is 11.5 Å². The molecule has 1 aliphatic rings. The summed E-state index contributed by atoms with van der Waals surface area (Å²) in [6, 6.07) is 21.0. The van der Waals surface area contributed by atoms with Crippen LogP contribution >= 0.6 is 38.9 Å². The van der Waals surface area contributed by atoms with Gasteiger partial charge in [0.25, 0.3) is 5.91 Å². The number of benzene rings is 3. The number of carbonyl (C=O) groups excluding carboxylic acids is 1. The smallest absolute Gasteiger partial charge is 0.259 e. The van der Waals surface area contributed by atoms with Gasteiger partial charge in [-0.25, -0.2) is 4.99 Å². The molecule has 0 bridgehead atoms. The third-order valence-electron chi connectivity index (χ3n) is 6.29. The van der Waals surface area contributed by atoms with Gasteiger partial charge in [-0.1, -0.05) is 57.9 Å². The average Bonchev–Trinajstić information content (AvgIpc) is 3.31. The monoisotopic (exact) mass is 608 g/mol. The fraction of sp³-hybridized carbons (Fsp3) is 0.200. The number of thiophene rings is 1. The quantitative estimate of drug-likeness (QED) is 0.203. The summed E-state index contributed by atoms with van der Waals surface area (Å²) in [5, 5.41) is 4.16. The maximum atomic E-state index is 13.3. The lowest BCUT2D eigenvalue weighted by Gasteiger charge is -2.13. The van der Waals surface area contributed by atoms with Gasteiger partial charge in [0, 0.05) is 21.3 Å². The molecule has 5 rings (SSSR count). The molecule has 4 aromatic rings. The van der Waals surface area contributed by atoms with Crippen molar-refractivity contribution >= 4 is 61.7 Å². The molecule has 5 nitrogen and oxygen atoms in total. The highest BCUT2D eigenvalue weighted by molar-refractivity contribution is 9.10. The maximum Gasteiger partial charge on any atom is 0.259 e. The van der Waals surface area contributed by atoms with Crippen LogP contribution in [0.4, 0.5) is 10.7 Å². The second kappa shape index (κ2) is 12.2. The van der Waals surface area contributed by atoms with Gasteiger partial charge >= 0.3 is 0 Å². The number of ether oxygens (including phenoxy) is 2. The number of hydrogen-bond donors (Lipinski definition) is 1. The Kier molecular flexibility index (Phi) is 8.47. The molecule has 1 heterocycles. The molecule has 194 valence electrons. The van der Waals surface area contributed by atoms with Crippen LogP contribution in [0.3, 0.4) is 0 Å². The molecule has 0 unspecified atom stereocenters.